The zero-order valence-electron chi connectivity index (χ0n) is 16.6. The van der Waals surface area contributed by atoms with Gasteiger partial charge in [-0.25, -0.2) is 8.42 Å². The van der Waals surface area contributed by atoms with Gasteiger partial charge in [-0.1, -0.05) is 26.0 Å². The molecule has 0 N–H and O–H groups in total. The molecule has 1 amide bonds. The first-order valence-electron chi connectivity index (χ1n) is 9.84. The van der Waals surface area contributed by atoms with Crippen LogP contribution in [0.15, 0.2) is 24.3 Å². The molecule has 1 aromatic rings. The van der Waals surface area contributed by atoms with Gasteiger partial charge in [0, 0.05) is 25.6 Å². The highest BCUT2D eigenvalue weighted by atomic mass is 32.2. The van der Waals surface area contributed by atoms with Crippen LogP contribution in [0.2, 0.25) is 0 Å². The number of hydrogen-bond donors (Lipinski definition) is 0. The Morgan fingerprint density at radius 3 is 2.86 bits per heavy atom. The van der Waals surface area contributed by atoms with Crippen molar-refractivity contribution in [2.45, 2.75) is 43.6 Å². The first kappa shape index (κ1) is 19.7. The third-order valence-corrected chi connectivity index (χ3v) is 8.47. The molecule has 3 aliphatic heterocycles. The van der Waals surface area contributed by atoms with Crippen molar-refractivity contribution < 1.29 is 22.7 Å². The van der Waals surface area contributed by atoms with Gasteiger partial charge in [0.1, 0.15) is 16.6 Å². The van der Waals surface area contributed by atoms with E-state index in [0.29, 0.717) is 39.0 Å². The molecule has 3 aliphatic rings. The molecule has 2 bridgehead atoms. The second kappa shape index (κ2) is 7.00. The lowest BCUT2D eigenvalue weighted by molar-refractivity contribution is -0.153. The molecule has 1 spiro atoms. The van der Waals surface area contributed by atoms with Crippen LogP contribution in [0, 0.1) is 5.92 Å². The van der Waals surface area contributed by atoms with E-state index in [4.69, 9.17) is 9.47 Å². The van der Waals surface area contributed by atoms with E-state index < -0.39 is 20.9 Å². The van der Waals surface area contributed by atoms with Gasteiger partial charge in [0.05, 0.1) is 19.8 Å². The van der Waals surface area contributed by atoms with Crippen LogP contribution in [0.5, 0.6) is 5.75 Å². The van der Waals surface area contributed by atoms with Crippen LogP contribution in [-0.2, 0) is 26.0 Å². The summed E-state index contributed by atoms with van der Waals surface area (Å²) in [5, 5.41) is -0.555. The molecule has 3 saturated heterocycles. The number of sulfonamides is 1. The summed E-state index contributed by atoms with van der Waals surface area (Å²) in [5.41, 5.74) is 0.240. The Kier molecular flexibility index (Phi) is 4.92. The molecule has 0 unspecified atom stereocenters. The second-order valence-corrected chi connectivity index (χ2v) is 10.5. The highest BCUT2D eigenvalue weighted by Gasteiger charge is 2.65. The van der Waals surface area contributed by atoms with Crippen molar-refractivity contribution in [2.75, 3.05) is 33.3 Å². The number of nitrogens with zero attached hydrogens (tertiary/aromatic N) is 2. The standard InChI is InChI=1S/C20H28N2O5S/c1-14(2)19(23)21-11-17-10-18-20(12-21,27-17)13-22(28(18,24)25)8-7-15-5-4-6-16(9-15)26-3/h4-6,9,14,17-18H,7-8,10-13H2,1-3H3/t17-,18+,20+/m1/s1. The minimum atomic E-state index is -3.44. The van der Waals surface area contributed by atoms with Gasteiger partial charge in [-0.15, -0.1) is 0 Å². The highest BCUT2D eigenvalue weighted by molar-refractivity contribution is 7.90. The number of methoxy groups -OCH3 is 1. The number of ether oxygens (including phenoxy) is 2. The van der Waals surface area contributed by atoms with Gasteiger partial charge in [-0.2, -0.15) is 4.31 Å². The molecule has 4 rings (SSSR count). The molecular formula is C20H28N2O5S. The van der Waals surface area contributed by atoms with Gasteiger partial charge < -0.3 is 14.4 Å². The second-order valence-electron chi connectivity index (χ2n) is 8.38. The Hall–Kier alpha value is -1.64. The minimum Gasteiger partial charge on any atom is -0.497 e. The average molecular weight is 409 g/mol. The monoisotopic (exact) mass is 408 g/mol. The van der Waals surface area contributed by atoms with Crippen LogP contribution >= 0.6 is 0 Å². The number of amides is 1. The molecular weight excluding hydrogens is 380 g/mol. The molecule has 8 heteroatoms. The van der Waals surface area contributed by atoms with E-state index in [-0.39, 0.29) is 17.9 Å². The molecule has 3 heterocycles. The fourth-order valence-electron chi connectivity index (χ4n) is 4.77. The molecule has 28 heavy (non-hydrogen) atoms. The van der Waals surface area contributed by atoms with E-state index in [1.807, 2.05) is 38.1 Å². The van der Waals surface area contributed by atoms with Crippen LogP contribution in [-0.4, -0.2) is 73.8 Å². The van der Waals surface area contributed by atoms with Crippen molar-refractivity contribution in [3.8, 4) is 5.75 Å². The quantitative estimate of drug-likeness (QED) is 0.734. The predicted molar refractivity (Wildman–Crippen MR) is 105 cm³/mol. The summed E-state index contributed by atoms with van der Waals surface area (Å²) in [4.78, 5) is 14.3. The Morgan fingerprint density at radius 2 is 2.14 bits per heavy atom. The summed E-state index contributed by atoms with van der Waals surface area (Å²) < 4.78 is 39.4. The fourth-order valence-corrected chi connectivity index (χ4v) is 7.07. The summed E-state index contributed by atoms with van der Waals surface area (Å²) >= 11 is 0. The van der Waals surface area contributed by atoms with Crippen LogP contribution in [0.4, 0.5) is 0 Å². The number of carbonyl (C=O) groups excluding carboxylic acids is 1. The van der Waals surface area contributed by atoms with Gasteiger partial charge in [0.2, 0.25) is 15.9 Å². The third-order valence-electron chi connectivity index (χ3n) is 6.10. The van der Waals surface area contributed by atoms with Crippen LogP contribution in [0.25, 0.3) is 0 Å². The van der Waals surface area contributed by atoms with E-state index >= 15 is 0 Å². The van der Waals surface area contributed by atoms with Crippen molar-refractivity contribution in [3.05, 3.63) is 29.8 Å². The summed E-state index contributed by atoms with van der Waals surface area (Å²) in [5.74, 6) is 0.730. The van der Waals surface area contributed by atoms with E-state index in [1.165, 1.54) is 0 Å². The van der Waals surface area contributed by atoms with Gasteiger partial charge >= 0.3 is 0 Å². The topological polar surface area (TPSA) is 76.2 Å². The lowest BCUT2D eigenvalue weighted by atomic mass is 9.98. The van der Waals surface area contributed by atoms with E-state index in [0.717, 1.165) is 11.3 Å². The lowest BCUT2D eigenvalue weighted by Gasteiger charge is -2.40. The molecule has 3 atom stereocenters. The molecule has 0 saturated carbocycles. The highest BCUT2D eigenvalue weighted by Crippen LogP contribution is 2.46. The van der Waals surface area contributed by atoms with Crippen molar-refractivity contribution in [1.82, 2.24) is 9.21 Å². The Bertz CT molecular complexity index is 871. The lowest BCUT2D eigenvalue weighted by Crippen LogP contribution is -2.57. The fraction of sp³-hybridized carbons (Fsp3) is 0.650. The third kappa shape index (κ3) is 3.21. The predicted octanol–water partition coefficient (Wildman–Crippen LogP) is 1.28. The molecule has 3 fully saturated rings. The number of fused-ring (bicyclic) bond motifs is 1. The van der Waals surface area contributed by atoms with E-state index in [9.17, 15) is 13.2 Å². The number of hydrogen-bond acceptors (Lipinski definition) is 5. The average Bonchev–Trinajstić information content (AvgIpc) is 3.04. The van der Waals surface area contributed by atoms with Gasteiger partial charge in [0.15, 0.2) is 0 Å². The Balaban J connectivity index is 1.51. The Morgan fingerprint density at radius 1 is 1.36 bits per heavy atom. The maximum absolute atomic E-state index is 13.2. The molecule has 0 aliphatic carbocycles. The zero-order chi connectivity index (χ0) is 20.1. The first-order valence-corrected chi connectivity index (χ1v) is 11.3. The zero-order valence-corrected chi connectivity index (χ0v) is 17.4. The molecule has 0 aromatic heterocycles. The van der Waals surface area contributed by atoms with E-state index in [1.54, 1.807) is 16.3 Å². The molecule has 1 aromatic carbocycles. The first-order chi connectivity index (χ1) is 13.2. The maximum Gasteiger partial charge on any atom is 0.225 e. The molecule has 154 valence electrons. The van der Waals surface area contributed by atoms with Crippen molar-refractivity contribution in [2.24, 2.45) is 5.92 Å². The summed E-state index contributed by atoms with van der Waals surface area (Å²) in [6.45, 7) is 5.33. The van der Waals surface area contributed by atoms with Crippen LogP contribution in [0.3, 0.4) is 0 Å². The summed E-state index contributed by atoms with van der Waals surface area (Å²) in [6.07, 6.45) is 0.897. The smallest absolute Gasteiger partial charge is 0.225 e. The minimum absolute atomic E-state index is 0.0700. The number of morpholine rings is 1. The van der Waals surface area contributed by atoms with Gasteiger partial charge in [-0.05, 0) is 30.5 Å². The maximum atomic E-state index is 13.2. The normalized spacial score (nSPS) is 31.2. The van der Waals surface area contributed by atoms with Crippen molar-refractivity contribution in [3.63, 3.8) is 0 Å². The molecule has 7 nitrogen and oxygen atoms in total. The summed E-state index contributed by atoms with van der Waals surface area (Å²) in [7, 11) is -1.83. The van der Waals surface area contributed by atoms with Crippen LogP contribution < -0.4 is 4.74 Å². The number of likely N-dealkylation sites (tertiary alicyclic amines) is 1. The van der Waals surface area contributed by atoms with Crippen molar-refractivity contribution in [1.29, 1.82) is 0 Å². The largest absolute Gasteiger partial charge is 0.497 e. The van der Waals surface area contributed by atoms with Crippen LogP contribution in [0.1, 0.15) is 25.8 Å². The number of rotatable bonds is 5. The van der Waals surface area contributed by atoms with Gasteiger partial charge in [-0.3, -0.25) is 4.79 Å². The van der Waals surface area contributed by atoms with E-state index in [2.05, 4.69) is 0 Å². The van der Waals surface area contributed by atoms with Crippen molar-refractivity contribution >= 4 is 15.9 Å². The summed E-state index contributed by atoms with van der Waals surface area (Å²) in [6, 6.07) is 7.68. The number of carbonyl (C=O) groups is 1. The van der Waals surface area contributed by atoms with Gasteiger partial charge in [0.25, 0.3) is 0 Å². The Labute approximate surface area is 166 Å². The number of benzene rings is 1. The molecule has 0 radical (unpaired) electrons. The SMILES string of the molecule is COc1cccc(CCN2C[C@@]34CN(C(=O)C(C)C)C[C@@H](C[C@@H]3S2(=O)=O)O4)c1.